The van der Waals surface area contributed by atoms with Gasteiger partial charge in [-0.1, -0.05) is 0 Å². The Morgan fingerprint density at radius 3 is 3.20 bits per heavy atom. The van der Waals surface area contributed by atoms with Crippen LogP contribution in [0.2, 0.25) is 0 Å². The molecule has 1 fully saturated rings. The number of hydrogen-bond donors (Lipinski definition) is 2. The van der Waals surface area contributed by atoms with Gasteiger partial charge in [-0.2, -0.15) is 0 Å². The molecule has 0 radical (unpaired) electrons. The highest BCUT2D eigenvalue weighted by molar-refractivity contribution is 5.95. The number of carbonyl (C=O) groups excluding carboxylic acids is 1. The first kappa shape index (κ1) is 10.4. The lowest BCUT2D eigenvalue weighted by molar-refractivity contribution is 0.0883. The Morgan fingerprint density at radius 2 is 2.53 bits per heavy atom. The van der Waals surface area contributed by atoms with Crippen LogP contribution in [0.15, 0.2) is 18.3 Å². The Kier molecular flexibility index (Phi) is 3.18. The van der Waals surface area contributed by atoms with E-state index in [9.17, 15) is 4.79 Å². The molecule has 0 aliphatic carbocycles. The molecule has 2 heterocycles. The molecule has 1 aliphatic rings. The predicted molar refractivity (Wildman–Crippen MR) is 56.8 cm³/mol. The van der Waals surface area contributed by atoms with Gasteiger partial charge in [0, 0.05) is 12.2 Å². The number of H-pyrrole nitrogens is 1. The monoisotopic (exact) mass is 208 g/mol. The average Bonchev–Trinajstić information content (AvgIpc) is 2.87. The lowest BCUT2D eigenvalue weighted by atomic mass is 10.2. The summed E-state index contributed by atoms with van der Waals surface area (Å²) in [6, 6.07) is 3.77. The lowest BCUT2D eigenvalue weighted by Gasteiger charge is -2.21. The highest BCUT2D eigenvalue weighted by atomic mass is 16.3. The van der Waals surface area contributed by atoms with Gasteiger partial charge in [0.1, 0.15) is 0 Å². The van der Waals surface area contributed by atoms with Crippen molar-refractivity contribution in [1.29, 1.82) is 0 Å². The summed E-state index contributed by atoms with van der Waals surface area (Å²) in [5.41, 5.74) is 0.651. The molecular weight excluding hydrogens is 192 g/mol. The van der Waals surface area contributed by atoms with E-state index in [1.54, 1.807) is 12.3 Å². The van der Waals surface area contributed by atoms with Crippen molar-refractivity contribution in [1.82, 2.24) is 9.88 Å². The molecule has 0 unspecified atom stereocenters. The molecule has 2 N–H and O–H groups in total. The van der Waals surface area contributed by atoms with Crippen molar-refractivity contribution >= 4 is 5.78 Å². The SMILES string of the molecule is O=C(CN1CCC[C@H]1CO)c1ccc[nH]1. The van der Waals surface area contributed by atoms with Gasteiger partial charge in [-0.3, -0.25) is 9.69 Å². The maximum absolute atomic E-state index is 11.8. The van der Waals surface area contributed by atoms with Gasteiger partial charge >= 0.3 is 0 Å². The van der Waals surface area contributed by atoms with Crippen molar-refractivity contribution in [2.24, 2.45) is 0 Å². The van der Waals surface area contributed by atoms with Gasteiger partial charge in [-0.05, 0) is 31.5 Å². The van der Waals surface area contributed by atoms with E-state index in [1.807, 2.05) is 6.07 Å². The maximum atomic E-state index is 11.8. The third kappa shape index (κ3) is 2.27. The largest absolute Gasteiger partial charge is 0.395 e. The number of aliphatic hydroxyl groups is 1. The molecule has 4 heteroatoms. The zero-order chi connectivity index (χ0) is 10.7. The Hall–Kier alpha value is -1.13. The van der Waals surface area contributed by atoms with Crippen LogP contribution in [0.1, 0.15) is 23.3 Å². The van der Waals surface area contributed by atoms with E-state index in [0.29, 0.717) is 12.2 Å². The number of carbonyl (C=O) groups is 1. The molecule has 15 heavy (non-hydrogen) atoms. The van der Waals surface area contributed by atoms with Gasteiger partial charge in [0.05, 0.1) is 18.8 Å². The lowest BCUT2D eigenvalue weighted by Crippen LogP contribution is -2.36. The van der Waals surface area contributed by atoms with E-state index in [0.717, 1.165) is 19.4 Å². The zero-order valence-electron chi connectivity index (χ0n) is 8.65. The van der Waals surface area contributed by atoms with Gasteiger partial charge in [0.25, 0.3) is 0 Å². The second-order valence-electron chi connectivity index (χ2n) is 3.96. The highest BCUT2D eigenvalue weighted by Gasteiger charge is 2.25. The first-order valence-corrected chi connectivity index (χ1v) is 5.33. The standard InChI is InChI=1S/C11H16N2O2/c14-8-9-3-2-6-13(9)7-11(15)10-4-1-5-12-10/h1,4-5,9,12,14H,2-3,6-8H2/t9-/m0/s1. The molecule has 1 aromatic heterocycles. The molecular formula is C11H16N2O2. The van der Waals surface area contributed by atoms with Crippen LogP contribution in [0.5, 0.6) is 0 Å². The third-order valence-electron chi connectivity index (χ3n) is 2.95. The fourth-order valence-corrected chi connectivity index (χ4v) is 2.08. The van der Waals surface area contributed by atoms with Gasteiger partial charge in [-0.15, -0.1) is 0 Å². The molecule has 0 spiro atoms. The van der Waals surface area contributed by atoms with Crippen LogP contribution in [-0.4, -0.2) is 46.5 Å². The molecule has 1 aliphatic heterocycles. The molecule has 4 nitrogen and oxygen atoms in total. The summed E-state index contributed by atoms with van der Waals surface area (Å²) in [5.74, 6) is 0.0975. The summed E-state index contributed by atoms with van der Waals surface area (Å²) < 4.78 is 0. The van der Waals surface area contributed by atoms with Crippen LogP contribution in [0.25, 0.3) is 0 Å². The van der Waals surface area contributed by atoms with Crippen molar-refractivity contribution in [2.75, 3.05) is 19.7 Å². The van der Waals surface area contributed by atoms with Gasteiger partial charge in [0.2, 0.25) is 0 Å². The van der Waals surface area contributed by atoms with Gasteiger partial charge in [-0.25, -0.2) is 0 Å². The molecule has 1 aromatic rings. The van der Waals surface area contributed by atoms with Crippen LogP contribution < -0.4 is 0 Å². The predicted octanol–water partition coefficient (Wildman–Crippen LogP) is 0.654. The Morgan fingerprint density at radius 1 is 1.67 bits per heavy atom. The van der Waals surface area contributed by atoms with Crippen molar-refractivity contribution in [3.05, 3.63) is 24.0 Å². The summed E-state index contributed by atoms with van der Waals surface area (Å²) in [7, 11) is 0. The molecule has 1 atom stereocenters. The highest BCUT2D eigenvalue weighted by Crippen LogP contribution is 2.16. The van der Waals surface area contributed by atoms with Crippen molar-refractivity contribution in [2.45, 2.75) is 18.9 Å². The second kappa shape index (κ2) is 4.59. The summed E-state index contributed by atoms with van der Waals surface area (Å²) in [6.07, 6.45) is 3.82. The molecule has 1 saturated heterocycles. The van der Waals surface area contributed by atoms with Crippen LogP contribution in [0.4, 0.5) is 0 Å². The molecule has 0 aromatic carbocycles. The number of hydrogen-bond acceptors (Lipinski definition) is 3. The van der Waals surface area contributed by atoms with Gasteiger partial charge < -0.3 is 10.1 Å². The van der Waals surface area contributed by atoms with E-state index in [2.05, 4.69) is 9.88 Å². The summed E-state index contributed by atoms with van der Waals surface area (Å²) in [5, 5.41) is 9.12. The normalized spacial score (nSPS) is 22.1. The van der Waals surface area contributed by atoms with E-state index in [1.165, 1.54) is 0 Å². The minimum absolute atomic E-state index is 0.0975. The number of aliphatic hydroxyl groups excluding tert-OH is 1. The van der Waals surface area contributed by atoms with Crippen LogP contribution in [0.3, 0.4) is 0 Å². The van der Waals surface area contributed by atoms with E-state index in [-0.39, 0.29) is 18.4 Å². The average molecular weight is 208 g/mol. The maximum Gasteiger partial charge on any atom is 0.192 e. The molecule has 0 saturated carbocycles. The van der Waals surface area contributed by atoms with Crippen LogP contribution in [0, 0.1) is 0 Å². The minimum atomic E-state index is 0.0975. The van der Waals surface area contributed by atoms with E-state index >= 15 is 0 Å². The number of nitrogens with one attached hydrogen (secondary N) is 1. The third-order valence-corrected chi connectivity index (χ3v) is 2.95. The summed E-state index contributed by atoms with van der Waals surface area (Å²) >= 11 is 0. The van der Waals surface area contributed by atoms with Crippen molar-refractivity contribution in [3.63, 3.8) is 0 Å². The number of nitrogens with zero attached hydrogens (tertiary/aromatic N) is 1. The Balaban J connectivity index is 1.94. The topological polar surface area (TPSA) is 56.3 Å². The second-order valence-corrected chi connectivity index (χ2v) is 3.96. The van der Waals surface area contributed by atoms with E-state index in [4.69, 9.17) is 5.11 Å². The van der Waals surface area contributed by atoms with Crippen LogP contribution in [-0.2, 0) is 0 Å². The molecule has 82 valence electrons. The summed E-state index contributed by atoms with van der Waals surface area (Å²) in [4.78, 5) is 16.7. The van der Waals surface area contributed by atoms with Crippen molar-refractivity contribution < 1.29 is 9.90 Å². The first-order valence-electron chi connectivity index (χ1n) is 5.33. The molecule has 2 rings (SSSR count). The molecule has 0 bridgehead atoms. The Bertz CT molecular complexity index is 321. The van der Waals surface area contributed by atoms with E-state index < -0.39 is 0 Å². The quantitative estimate of drug-likeness (QED) is 0.714. The van der Waals surface area contributed by atoms with Crippen molar-refractivity contribution in [3.8, 4) is 0 Å². The number of rotatable bonds is 4. The zero-order valence-corrected chi connectivity index (χ0v) is 8.65. The van der Waals surface area contributed by atoms with Crippen LogP contribution >= 0.6 is 0 Å². The Labute approximate surface area is 88.9 Å². The fourth-order valence-electron chi connectivity index (χ4n) is 2.08. The number of aromatic nitrogens is 1. The van der Waals surface area contributed by atoms with Gasteiger partial charge in [0.15, 0.2) is 5.78 Å². The number of aromatic amines is 1. The number of likely N-dealkylation sites (tertiary alicyclic amines) is 1. The first-order chi connectivity index (χ1) is 7.31. The fraction of sp³-hybridized carbons (Fsp3) is 0.545. The summed E-state index contributed by atoms with van der Waals surface area (Å²) in [6.45, 7) is 1.47. The number of Topliss-reactive ketones (excluding diaryl/α,β-unsaturated/α-hetero) is 1. The number of ketones is 1. The minimum Gasteiger partial charge on any atom is -0.395 e. The molecule has 0 amide bonds. The smallest absolute Gasteiger partial charge is 0.192 e.